The van der Waals surface area contributed by atoms with Gasteiger partial charge in [-0.15, -0.1) is 0 Å². The molecular formula is C25H26FN3O3S. The highest BCUT2D eigenvalue weighted by Gasteiger charge is 2.34. The van der Waals surface area contributed by atoms with Crippen LogP contribution in [0.1, 0.15) is 17.2 Å². The Morgan fingerprint density at radius 3 is 2.09 bits per heavy atom. The fourth-order valence-electron chi connectivity index (χ4n) is 3.97. The van der Waals surface area contributed by atoms with Crippen molar-refractivity contribution in [1.29, 1.82) is 0 Å². The van der Waals surface area contributed by atoms with Gasteiger partial charge in [0.05, 0.1) is 4.90 Å². The quantitative estimate of drug-likeness (QED) is 0.598. The molecule has 172 valence electrons. The summed E-state index contributed by atoms with van der Waals surface area (Å²) in [4.78, 5) is 15.5. The van der Waals surface area contributed by atoms with Crippen molar-refractivity contribution in [2.45, 2.75) is 17.9 Å². The number of aryl methyl sites for hydroxylation is 1. The lowest BCUT2D eigenvalue weighted by Gasteiger charge is -2.38. The number of nitrogens with one attached hydrogen (secondary N) is 1. The lowest BCUT2D eigenvalue weighted by Crippen LogP contribution is -2.51. The second-order valence-electron chi connectivity index (χ2n) is 8.06. The van der Waals surface area contributed by atoms with Gasteiger partial charge in [-0.1, -0.05) is 48.0 Å². The van der Waals surface area contributed by atoms with Gasteiger partial charge in [0, 0.05) is 31.9 Å². The van der Waals surface area contributed by atoms with E-state index in [0.717, 1.165) is 11.1 Å². The van der Waals surface area contributed by atoms with Crippen LogP contribution in [0.4, 0.5) is 10.1 Å². The third kappa shape index (κ3) is 5.30. The molecule has 8 heteroatoms. The zero-order valence-corrected chi connectivity index (χ0v) is 19.1. The van der Waals surface area contributed by atoms with Gasteiger partial charge in [-0.3, -0.25) is 9.69 Å². The number of rotatable bonds is 6. The van der Waals surface area contributed by atoms with E-state index in [-0.39, 0.29) is 29.7 Å². The zero-order valence-electron chi connectivity index (χ0n) is 18.3. The maximum Gasteiger partial charge on any atom is 0.246 e. The lowest BCUT2D eigenvalue weighted by atomic mass is 10.0. The number of halogens is 1. The van der Waals surface area contributed by atoms with Gasteiger partial charge in [0.25, 0.3) is 0 Å². The number of hydrogen-bond acceptors (Lipinski definition) is 4. The highest BCUT2D eigenvalue weighted by atomic mass is 32.2. The predicted molar refractivity (Wildman–Crippen MR) is 126 cm³/mol. The predicted octanol–water partition coefficient (Wildman–Crippen LogP) is 3.82. The van der Waals surface area contributed by atoms with Crippen LogP contribution in [0.25, 0.3) is 0 Å². The standard InChI is InChI=1S/C25H26FN3O3S/c1-19-7-13-23(14-8-19)33(31,32)29-17-15-28(16-18-29)24(20-5-3-2-4-6-20)25(30)27-22-11-9-21(26)10-12-22/h2-14,24H,15-18H2,1H3,(H,27,30)/t24-/m0/s1. The summed E-state index contributed by atoms with van der Waals surface area (Å²) in [6.45, 7) is 3.28. The molecule has 1 aliphatic heterocycles. The fraction of sp³-hybridized carbons (Fsp3) is 0.240. The highest BCUT2D eigenvalue weighted by molar-refractivity contribution is 7.89. The number of nitrogens with zero attached hydrogens (tertiary/aromatic N) is 2. The van der Waals surface area contributed by atoms with Crippen LogP contribution in [-0.4, -0.2) is 49.7 Å². The third-order valence-corrected chi connectivity index (χ3v) is 7.69. The summed E-state index contributed by atoms with van der Waals surface area (Å²) >= 11 is 0. The number of hydrogen-bond donors (Lipinski definition) is 1. The molecule has 1 saturated heterocycles. The number of sulfonamides is 1. The van der Waals surface area contributed by atoms with Crippen molar-refractivity contribution in [3.05, 3.63) is 95.8 Å². The molecule has 1 atom stereocenters. The first-order chi connectivity index (χ1) is 15.8. The van der Waals surface area contributed by atoms with Crippen molar-refractivity contribution in [3.8, 4) is 0 Å². The maximum atomic E-state index is 13.3. The molecule has 0 spiro atoms. The lowest BCUT2D eigenvalue weighted by molar-refractivity contribution is -0.122. The van der Waals surface area contributed by atoms with E-state index in [0.29, 0.717) is 18.8 Å². The van der Waals surface area contributed by atoms with Crippen molar-refractivity contribution in [2.75, 3.05) is 31.5 Å². The Kier molecular flexibility index (Phi) is 6.88. The Bertz CT molecular complexity index is 1190. The molecule has 3 aromatic carbocycles. The van der Waals surface area contributed by atoms with Gasteiger partial charge in [-0.05, 0) is 48.9 Å². The van der Waals surface area contributed by atoms with Crippen molar-refractivity contribution in [2.24, 2.45) is 0 Å². The molecule has 1 amide bonds. The smallest absolute Gasteiger partial charge is 0.246 e. The summed E-state index contributed by atoms with van der Waals surface area (Å²) in [6.07, 6.45) is 0. The molecule has 1 aliphatic rings. The molecule has 0 radical (unpaired) electrons. The second-order valence-corrected chi connectivity index (χ2v) is 10.0. The van der Waals surface area contributed by atoms with E-state index in [1.807, 2.05) is 42.2 Å². The number of carbonyl (C=O) groups excluding carboxylic acids is 1. The van der Waals surface area contributed by atoms with Crippen molar-refractivity contribution in [1.82, 2.24) is 9.21 Å². The van der Waals surface area contributed by atoms with Crippen LogP contribution in [0, 0.1) is 12.7 Å². The fourth-order valence-corrected chi connectivity index (χ4v) is 5.39. The minimum absolute atomic E-state index is 0.248. The van der Waals surface area contributed by atoms with Gasteiger partial charge >= 0.3 is 0 Å². The molecule has 0 aromatic heterocycles. The van der Waals surface area contributed by atoms with Crippen LogP contribution in [0.2, 0.25) is 0 Å². The van der Waals surface area contributed by atoms with Crippen LogP contribution in [0.3, 0.4) is 0 Å². The molecule has 1 N–H and O–H groups in total. The van der Waals surface area contributed by atoms with Gasteiger partial charge in [0.2, 0.25) is 15.9 Å². The number of carbonyl (C=O) groups is 1. The van der Waals surface area contributed by atoms with E-state index in [1.54, 1.807) is 24.3 Å². The Labute approximate surface area is 193 Å². The molecule has 0 aliphatic carbocycles. The second kappa shape index (κ2) is 9.82. The van der Waals surface area contributed by atoms with Crippen LogP contribution in [0.5, 0.6) is 0 Å². The Morgan fingerprint density at radius 2 is 1.48 bits per heavy atom. The average molecular weight is 468 g/mol. The minimum atomic E-state index is -3.59. The third-order valence-electron chi connectivity index (χ3n) is 5.77. The number of benzene rings is 3. The first kappa shape index (κ1) is 23.1. The summed E-state index contributed by atoms with van der Waals surface area (Å²) in [7, 11) is -3.59. The first-order valence-electron chi connectivity index (χ1n) is 10.8. The SMILES string of the molecule is Cc1ccc(S(=O)(=O)N2CCN([C@H](C(=O)Nc3ccc(F)cc3)c3ccccc3)CC2)cc1. The number of anilines is 1. The summed E-state index contributed by atoms with van der Waals surface area (Å²) in [5, 5.41) is 2.86. The summed E-state index contributed by atoms with van der Waals surface area (Å²) < 4.78 is 40.8. The van der Waals surface area contributed by atoms with Gasteiger partial charge in [0.1, 0.15) is 11.9 Å². The molecule has 0 saturated carbocycles. The molecule has 6 nitrogen and oxygen atoms in total. The van der Waals surface area contributed by atoms with Crippen LogP contribution >= 0.6 is 0 Å². The van der Waals surface area contributed by atoms with Gasteiger partial charge in [0.15, 0.2) is 0 Å². The molecule has 0 unspecified atom stereocenters. The number of amides is 1. The Balaban J connectivity index is 1.51. The maximum absolute atomic E-state index is 13.3. The average Bonchev–Trinajstić information content (AvgIpc) is 2.82. The van der Waals surface area contributed by atoms with Gasteiger partial charge in [-0.25, -0.2) is 12.8 Å². The van der Waals surface area contributed by atoms with Crippen molar-refractivity contribution in [3.63, 3.8) is 0 Å². The molecule has 0 bridgehead atoms. The molecule has 1 heterocycles. The molecule has 3 aromatic rings. The normalized spacial score (nSPS) is 16.3. The van der Waals surface area contributed by atoms with Crippen LogP contribution < -0.4 is 5.32 Å². The van der Waals surface area contributed by atoms with E-state index in [1.165, 1.54) is 28.6 Å². The van der Waals surface area contributed by atoms with E-state index >= 15 is 0 Å². The van der Waals surface area contributed by atoms with Gasteiger partial charge < -0.3 is 5.32 Å². The molecule has 4 rings (SSSR count). The summed E-state index contributed by atoms with van der Waals surface area (Å²) in [6, 6.07) is 21.2. The van der Waals surface area contributed by atoms with Crippen LogP contribution in [0.15, 0.2) is 83.8 Å². The van der Waals surface area contributed by atoms with E-state index < -0.39 is 16.1 Å². The topological polar surface area (TPSA) is 69.7 Å². The molecule has 33 heavy (non-hydrogen) atoms. The summed E-state index contributed by atoms with van der Waals surface area (Å²) in [5.41, 5.74) is 2.31. The monoisotopic (exact) mass is 467 g/mol. The summed E-state index contributed by atoms with van der Waals surface area (Å²) in [5.74, 6) is -0.624. The van der Waals surface area contributed by atoms with Gasteiger partial charge in [-0.2, -0.15) is 4.31 Å². The Hall–Kier alpha value is -3.07. The Morgan fingerprint density at radius 1 is 0.879 bits per heavy atom. The van der Waals surface area contributed by atoms with Crippen molar-refractivity contribution < 1.29 is 17.6 Å². The van der Waals surface area contributed by atoms with E-state index in [4.69, 9.17) is 0 Å². The minimum Gasteiger partial charge on any atom is -0.324 e. The van der Waals surface area contributed by atoms with E-state index in [2.05, 4.69) is 5.32 Å². The zero-order chi connectivity index (χ0) is 23.4. The number of piperazine rings is 1. The van der Waals surface area contributed by atoms with Crippen molar-refractivity contribution >= 4 is 21.6 Å². The van der Waals surface area contributed by atoms with E-state index in [9.17, 15) is 17.6 Å². The van der Waals surface area contributed by atoms with Crippen LogP contribution in [-0.2, 0) is 14.8 Å². The molecule has 1 fully saturated rings. The highest BCUT2D eigenvalue weighted by Crippen LogP contribution is 2.26. The largest absolute Gasteiger partial charge is 0.324 e. The molecular weight excluding hydrogens is 441 g/mol. The first-order valence-corrected chi connectivity index (χ1v) is 12.2.